The van der Waals surface area contributed by atoms with E-state index in [-0.39, 0.29) is 0 Å². The first kappa shape index (κ1) is 12.6. The Labute approximate surface area is 121 Å². The number of aromatic nitrogens is 2. The largest absolute Gasteiger partial charge is 0.373 e. The molecule has 0 radical (unpaired) electrons. The zero-order valence-electron chi connectivity index (χ0n) is 12.7. The number of aryl methyl sites for hydroxylation is 1. The van der Waals surface area contributed by atoms with Gasteiger partial charge in [0.05, 0.1) is 0 Å². The third-order valence-electron chi connectivity index (χ3n) is 5.91. The SMILES string of the molecule is CCc1cc(NC)nc(C23CC4CC(CC(C4)C2)C3)n1. The quantitative estimate of drug-likeness (QED) is 0.913. The zero-order chi connectivity index (χ0) is 13.7. The first-order valence-corrected chi connectivity index (χ1v) is 8.27. The van der Waals surface area contributed by atoms with Crippen molar-refractivity contribution in [2.75, 3.05) is 12.4 Å². The molecule has 1 aromatic rings. The molecule has 0 aromatic carbocycles. The van der Waals surface area contributed by atoms with Crippen LogP contribution in [0, 0.1) is 17.8 Å². The summed E-state index contributed by atoms with van der Waals surface area (Å²) in [5, 5.41) is 3.22. The number of rotatable bonds is 3. The molecule has 108 valence electrons. The molecule has 1 N–H and O–H groups in total. The molecular formula is C17H25N3. The highest BCUT2D eigenvalue weighted by atomic mass is 15.0. The van der Waals surface area contributed by atoms with E-state index in [1.165, 1.54) is 44.2 Å². The van der Waals surface area contributed by atoms with Crippen molar-refractivity contribution in [3.05, 3.63) is 17.6 Å². The smallest absolute Gasteiger partial charge is 0.137 e. The Balaban J connectivity index is 1.76. The molecule has 0 atom stereocenters. The monoisotopic (exact) mass is 271 g/mol. The summed E-state index contributed by atoms with van der Waals surface area (Å²) in [5.41, 5.74) is 1.50. The second kappa shape index (κ2) is 4.44. The van der Waals surface area contributed by atoms with E-state index in [2.05, 4.69) is 18.3 Å². The van der Waals surface area contributed by atoms with Crippen LogP contribution >= 0.6 is 0 Å². The van der Waals surface area contributed by atoms with Crippen LogP contribution in [0.15, 0.2) is 6.07 Å². The van der Waals surface area contributed by atoms with E-state index in [4.69, 9.17) is 9.97 Å². The second-order valence-corrected chi connectivity index (χ2v) is 7.37. The van der Waals surface area contributed by atoms with Crippen LogP contribution in [0.1, 0.15) is 57.0 Å². The Bertz CT molecular complexity index is 465. The molecule has 3 heteroatoms. The van der Waals surface area contributed by atoms with Gasteiger partial charge in [0.15, 0.2) is 0 Å². The Morgan fingerprint density at radius 1 is 1.10 bits per heavy atom. The summed E-state index contributed by atoms with van der Waals surface area (Å²) < 4.78 is 0. The van der Waals surface area contributed by atoms with Gasteiger partial charge >= 0.3 is 0 Å². The van der Waals surface area contributed by atoms with Crippen LogP contribution in [-0.4, -0.2) is 17.0 Å². The number of anilines is 1. The van der Waals surface area contributed by atoms with Crippen LogP contribution in [0.5, 0.6) is 0 Å². The second-order valence-electron chi connectivity index (χ2n) is 7.37. The number of hydrogen-bond donors (Lipinski definition) is 1. The average molecular weight is 271 g/mol. The minimum absolute atomic E-state index is 0.311. The van der Waals surface area contributed by atoms with Crippen molar-refractivity contribution in [3.8, 4) is 0 Å². The maximum absolute atomic E-state index is 4.94. The molecule has 0 spiro atoms. The van der Waals surface area contributed by atoms with Crippen molar-refractivity contribution in [3.63, 3.8) is 0 Å². The minimum Gasteiger partial charge on any atom is -0.373 e. The highest BCUT2D eigenvalue weighted by Gasteiger charge is 2.53. The summed E-state index contributed by atoms with van der Waals surface area (Å²) in [5.74, 6) is 5.01. The maximum atomic E-state index is 4.94. The number of hydrogen-bond acceptors (Lipinski definition) is 3. The van der Waals surface area contributed by atoms with Crippen LogP contribution in [-0.2, 0) is 11.8 Å². The third kappa shape index (κ3) is 1.86. The molecule has 0 amide bonds. The van der Waals surface area contributed by atoms with Gasteiger partial charge in [-0.1, -0.05) is 6.92 Å². The van der Waals surface area contributed by atoms with E-state index in [0.717, 1.165) is 35.8 Å². The molecule has 20 heavy (non-hydrogen) atoms. The predicted molar refractivity (Wildman–Crippen MR) is 80.8 cm³/mol. The van der Waals surface area contributed by atoms with Gasteiger partial charge in [0.2, 0.25) is 0 Å². The highest BCUT2D eigenvalue weighted by Crippen LogP contribution is 2.60. The van der Waals surface area contributed by atoms with Gasteiger partial charge in [-0.05, 0) is 62.7 Å². The molecule has 1 aromatic heterocycles. The summed E-state index contributed by atoms with van der Waals surface area (Å²) in [4.78, 5) is 9.81. The van der Waals surface area contributed by atoms with Gasteiger partial charge in [0.1, 0.15) is 11.6 Å². The van der Waals surface area contributed by atoms with Gasteiger partial charge in [0.25, 0.3) is 0 Å². The normalized spacial score (nSPS) is 38.2. The van der Waals surface area contributed by atoms with E-state index in [0.29, 0.717) is 5.41 Å². The number of nitrogens with one attached hydrogen (secondary N) is 1. The first-order chi connectivity index (χ1) is 9.70. The third-order valence-corrected chi connectivity index (χ3v) is 5.91. The fraction of sp³-hybridized carbons (Fsp3) is 0.765. The summed E-state index contributed by atoms with van der Waals surface area (Å²) in [6, 6.07) is 2.10. The van der Waals surface area contributed by atoms with Crippen LogP contribution in [0.25, 0.3) is 0 Å². The molecule has 0 saturated heterocycles. The molecule has 1 heterocycles. The molecule has 3 nitrogen and oxygen atoms in total. The Kier molecular flexibility index (Phi) is 2.80. The molecule has 4 aliphatic rings. The number of nitrogens with zero attached hydrogens (tertiary/aromatic N) is 2. The fourth-order valence-corrected chi connectivity index (χ4v) is 5.43. The molecule has 0 aliphatic heterocycles. The van der Waals surface area contributed by atoms with E-state index >= 15 is 0 Å². The van der Waals surface area contributed by atoms with Crippen LogP contribution in [0.3, 0.4) is 0 Å². The average Bonchev–Trinajstić information content (AvgIpc) is 2.45. The summed E-state index contributed by atoms with van der Waals surface area (Å²) in [7, 11) is 1.96. The van der Waals surface area contributed by atoms with E-state index in [1.807, 2.05) is 7.05 Å². The van der Waals surface area contributed by atoms with Crippen molar-refractivity contribution in [1.82, 2.24) is 9.97 Å². The van der Waals surface area contributed by atoms with Gasteiger partial charge in [-0.3, -0.25) is 0 Å². The molecule has 4 fully saturated rings. The van der Waals surface area contributed by atoms with Crippen molar-refractivity contribution in [2.24, 2.45) is 17.8 Å². The lowest BCUT2D eigenvalue weighted by Gasteiger charge is -2.56. The van der Waals surface area contributed by atoms with Crippen LogP contribution < -0.4 is 5.32 Å². The Morgan fingerprint density at radius 3 is 2.20 bits per heavy atom. The topological polar surface area (TPSA) is 37.8 Å². The molecule has 5 rings (SSSR count). The summed E-state index contributed by atoms with van der Waals surface area (Å²) in [6.45, 7) is 2.19. The van der Waals surface area contributed by atoms with E-state index in [9.17, 15) is 0 Å². The van der Waals surface area contributed by atoms with Crippen molar-refractivity contribution in [2.45, 2.75) is 57.3 Å². The highest BCUT2D eigenvalue weighted by molar-refractivity contribution is 5.37. The lowest BCUT2D eigenvalue weighted by atomic mass is 9.49. The van der Waals surface area contributed by atoms with Gasteiger partial charge in [-0.2, -0.15) is 0 Å². The van der Waals surface area contributed by atoms with Gasteiger partial charge in [-0.25, -0.2) is 9.97 Å². The van der Waals surface area contributed by atoms with Gasteiger partial charge in [0, 0.05) is 24.2 Å². The predicted octanol–water partition coefficient (Wildman–Crippen LogP) is 3.55. The molecule has 4 bridgehead atoms. The lowest BCUT2D eigenvalue weighted by molar-refractivity contribution is -0.00942. The Morgan fingerprint density at radius 2 is 1.70 bits per heavy atom. The molecule has 0 unspecified atom stereocenters. The summed E-state index contributed by atoms with van der Waals surface area (Å²) >= 11 is 0. The molecular weight excluding hydrogens is 246 g/mol. The van der Waals surface area contributed by atoms with E-state index in [1.54, 1.807) is 0 Å². The summed E-state index contributed by atoms with van der Waals surface area (Å²) in [6.07, 6.45) is 9.46. The van der Waals surface area contributed by atoms with E-state index < -0.39 is 0 Å². The lowest BCUT2D eigenvalue weighted by Crippen LogP contribution is -2.49. The Hall–Kier alpha value is -1.12. The fourth-order valence-electron chi connectivity index (χ4n) is 5.43. The first-order valence-electron chi connectivity index (χ1n) is 8.27. The maximum Gasteiger partial charge on any atom is 0.137 e. The van der Waals surface area contributed by atoms with Crippen molar-refractivity contribution < 1.29 is 0 Å². The van der Waals surface area contributed by atoms with Crippen molar-refractivity contribution >= 4 is 5.82 Å². The van der Waals surface area contributed by atoms with Gasteiger partial charge < -0.3 is 5.32 Å². The molecule has 4 saturated carbocycles. The van der Waals surface area contributed by atoms with Gasteiger partial charge in [-0.15, -0.1) is 0 Å². The van der Waals surface area contributed by atoms with Crippen LogP contribution in [0.4, 0.5) is 5.82 Å². The van der Waals surface area contributed by atoms with Crippen molar-refractivity contribution in [1.29, 1.82) is 0 Å². The standard InChI is InChI=1S/C17H25N3/c1-3-14-7-15(18-2)20-16(19-14)17-8-11-4-12(9-17)6-13(5-11)10-17/h7,11-13H,3-6,8-10H2,1-2H3,(H,18,19,20). The molecule has 4 aliphatic carbocycles. The zero-order valence-corrected chi connectivity index (χ0v) is 12.7. The van der Waals surface area contributed by atoms with Crippen LogP contribution in [0.2, 0.25) is 0 Å². The minimum atomic E-state index is 0.311.